The van der Waals surface area contributed by atoms with Crippen molar-refractivity contribution in [2.45, 2.75) is 0 Å². The number of H-pyrrole nitrogens is 1. The second kappa shape index (κ2) is 5.68. The van der Waals surface area contributed by atoms with E-state index in [9.17, 15) is 19.1 Å². The number of aliphatic carboxylic acids is 1. The topological polar surface area (TPSA) is 85.9 Å². The predicted octanol–water partition coefficient (Wildman–Crippen LogP) is -2.60. The number of carbonyl (C=O) groups is 2. The van der Waals surface area contributed by atoms with Crippen LogP contribution in [0.25, 0.3) is 10.9 Å². The molecule has 0 saturated heterocycles. The van der Waals surface area contributed by atoms with Crippen molar-refractivity contribution in [3.05, 3.63) is 28.4 Å². The molecule has 0 radical (unpaired) electrons. The molecule has 2 rings (SSSR count). The fourth-order valence-corrected chi connectivity index (χ4v) is 1.78. The average Bonchev–Trinajstić information content (AvgIpc) is 2.67. The van der Waals surface area contributed by atoms with Crippen molar-refractivity contribution in [1.82, 2.24) is 9.97 Å². The van der Waals surface area contributed by atoms with Gasteiger partial charge in [-0.25, -0.2) is 9.37 Å². The van der Waals surface area contributed by atoms with Gasteiger partial charge in [-0.3, -0.25) is 4.79 Å². The number of hydrogen-bond acceptors (Lipinski definition) is 4. The molecule has 0 fully saturated rings. The summed E-state index contributed by atoms with van der Waals surface area (Å²) in [6.07, 6.45) is 2.00. The Bertz CT molecular complexity index is 614. The summed E-state index contributed by atoms with van der Waals surface area (Å²) in [5, 5.41) is 10.3. The van der Waals surface area contributed by atoms with Gasteiger partial charge in [-0.2, -0.15) is 0 Å². The van der Waals surface area contributed by atoms with Gasteiger partial charge in [0.25, 0.3) is 0 Å². The minimum Gasteiger partial charge on any atom is -0.541 e. The van der Waals surface area contributed by atoms with Crippen LogP contribution in [0.5, 0.6) is 0 Å². The Morgan fingerprint density at radius 1 is 1.47 bits per heavy atom. The maximum Gasteiger partial charge on any atom is 1.00 e. The SMILES string of the molecule is O=C([O-])C(=O)c1c[nH]c2c(Br)ncc(F)c12.[K+]. The molecule has 0 aliphatic carbocycles. The summed E-state index contributed by atoms with van der Waals surface area (Å²) < 4.78 is 13.7. The standard InChI is InChI=1S/C9H4BrFN2O3.K/c10-8-6-5(4(11)2-13-8)3(1-12-6)7(14)9(15)16;/h1-2,12H,(H,15,16);/q;+1/p-1. The molecule has 2 heterocycles. The largest absolute Gasteiger partial charge is 1.00 e. The van der Waals surface area contributed by atoms with Crippen LogP contribution in [0.15, 0.2) is 17.0 Å². The van der Waals surface area contributed by atoms with Gasteiger partial charge in [0.1, 0.15) is 10.6 Å². The molecule has 0 aliphatic rings. The third-order valence-corrected chi connectivity index (χ3v) is 2.65. The second-order valence-corrected chi connectivity index (χ2v) is 3.72. The molecule has 8 heteroatoms. The van der Waals surface area contributed by atoms with Crippen molar-refractivity contribution in [1.29, 1.82) is 0 Å². The molecular formula is C9H3BrFKN2O3. The second-order valence-electron chi connectivity index (χ2n) is 2.97. The predicted molar refractivity (Wildman–Crippen MR) is 53.1 cm³/mol. The van der Waals surface area contributed by atoms with Crippen molar-refractivity contribution >= 4 is 38.6 Å². The van der Waals surface area contributed by atoms with Gasteiger partial charge < -0.3 is 14.9 Å². The van der Waals surface area contributed by atoms with Crippen LogP contribution in [0, 0.1) is 5.82 Å². The number of carboxylic acid groups (broad SMARTS) is 1. The molecule has 2 aromatic rings. The van der Waals surface area contributed by atoms with Gasteiger partial charge in [0.2, 0.25) is 5.78 Å². The zero-order valence-corrected chi connectivity index (χ0v) is 13.3. The van der Waals surface area contributed by atoms with E-state index < -0.39 is 17.6 Å². The normalized spacial score (nSPS) is 10.0. The number of nitrogens with zero attached hydrogens (tertiary/aromatic N) is 1. The molecular weight excluding hydrogens is 322 g/mol. The van der Waals surface area contributed by atoms with Crippen molar-refractivity contribution in [2.24, 2.45) is 0 Å². The maximum absolute atomic E-state index is 13.4. The average molecular weight is 325 g/mol. The molecule has 0 spiro atoms. The van der Waals surface area contributed by atoms with E-state index in [1.807, 2.05) is 0 Å². The Labute approximate surface area is 145 Å². The van der Waals surface area contributed by atoms with E-state index in [2.05, 4.69) is 25.9 Å². The van der Waals surface area contributed by atoms with E-state index in [0.29, 0.717) is 4.60 Å². The van der Waals surface area contributed by atoms with Crippen LogP contribution < -0.4 is 56.5 Å². The van der Waals surface area contributed by atoms with E-state index in [4.69, 9.17) is 0 Å². The Balaban J connectivity index is 0.00000144. The zero-order valence-electron chi connectivity index (χ0n) is 8.58. The number of Topliss-reactive ketones (excluding diaryl/α,β-unsaturated/α-hetero) is 1. The molecule has 0 atom stereocenters. The van der Waals surface area contributed by atoms with E-state index in [-0.39, 0.29) is 67.9 Å². The minimum absolute atomic E-state index is 0. The summed E-state index contributed by atoms with van der Waals surface area (Å²) in [6.45, 7) is 0. The Kier molecular flexibility index (Phi) is 4.99. The smallest absolute Gasteiger partial charge is 0.541 e. The molecule has 0 unspecified atom stereocenters. The maximum atomic E-state index is 13.4. The van der Waals surface area contributed by atoms with Gasteiger partial charge >= 0.3 is 51.4 Å². The summed E-state index contributed by atoms with van der Waals surface area (Å²) >= 11 is 3.05. The number of halogens is 2. The van der Waals surface area contributed by atoms with E-state index >= 15 is 0 Å². The molecule has 1 N–H and O–H groups in total. The molecule has 82 valence electrons. The molecule has 5 nitrogen and oxygen atoms in total. The van der Waals surface area contributed by atoms with E-state index in [0.717, 1.165) is 12.4 Å². The van der Waals surface area contributed by atoms with Gasteiger partial charge in [-0.1, -0.05) is 0 Å². The van der Waals surface area contributed by atoms with Gasteiger partial charge in [-0.15, -0.1) is 0 Å². The number of hydrogen-bond donors (Lipinski definition) is 1. The molecule has 0 saturated carbocycles. The van der Waals surface area contributed by atoms with Crippen LogP contribution in [-0.2, 0) is 4.79 Å². The van der Waals surface area contributed by atoms with Crippen molar-refractivity contribution < 1.29 is 70.5 Å². The number of pyridine rings is 1. The summed E-state index contributed by atoms with van der Waals surface area (Å²) in [7, 11) is 0. The minimum atomic E-state index is -1.88. The summed E-state index contributed by atoms with van der Waals surface area (Å²) in [5.41, 5.74) is -0.0554. The van der Waals surface area contributed by atoms with Crippen LogP contribution in [-0.4, -0.2) is 21.7 Å². The number of aromatic nitrogens is 2. The summed E-state index contributed by atoms with van der Waals surface area (Å²) in [6, 6.07) is 0. The van der Waals surface area contributed by atoms with Crippen molar-refractivity contribution in [2.75, 3.05) is 0 Å². The first kappa shape index (κ1) is 14.9. The summed E-state index contributed by atoms with van der Waals surface area (Å²) in [5.74, 6) is -3.93. The van der Waals surface area contributed by atoms with Crippen molar-refractivity contribution in [3.63, 3.8) is 0 Å². The first-order valence-electron chi connectivity index (χ1n) is 4.09. The number of aromatic amines is 1. The molecule has 0 amide bonds. The van der Waals surface area contributed by atoms with Crippen LogP contribution in [0.3, 0.4) is 0 Å². The molecule has 17 heavy (non-hydrogen) atoms. The number of carboxylic acids is 1. The molecule has 0 aliphatic heterocycles. The zero-order chi connectivity index (χ0) is 11.9. The fourth-order valence-electron chi connectivity index (χ4n) is 1.37. The third-order valence-electron chi connectivity index (χ3n) is 2.05. The van der Waals surface area contributed by atoms with Gasteiger partial charge in [0, 0.05) is 6.20 Å². The van der Waals surface area contributed by atoms with Crippen LogP contribution in [0.4, 0.5) is 4.39 Å². The Hall–Kier alpha value is -0.124. The molecule has 0 aromatic carbocycles. The van der Waals surface area contributed by atoms with Crippen LogP contribution >= 0.6 is 15.9 Å². The number of carbonyl (C=O) groups excluding carboxylic acids is 2. The first-order chi connectivity index (χ1) is 7.52. The number of fused-ring (bicyclic) bond motifs is 1. The first-order valence-corrected chi connectivity index (χ1v) is 4.88. The molecule has 0 bridgehead atoms. The number of ketones is 1. The van der Waals surface area contributed by atoms with Crippen LogP contribution in [0.2, 0.25) is 0 Å². The van der Waals surface area contributed by atoms with Crippen LogP contribution in [0.1, 0.15) is 10.4 Å². The Morgan fingerprint density at radius 3 is 2.71 bits per heavy atom. The fraction of sp³-hybridized carbons (Fsp3) is 0. The number of nitrogens with one attached hydrogen (secondary N) is 1. The van der Waals surface area contributed by atoms with Gasteiger partial charge in [0.15, 0.2) is 5.82 Å². The monoisotopic (exact) mass is 324 g/mol. The summed E-state index contributed by atoms with van der Waals surface area (Å²) in [4.78, 5) is 27.8. The number of rotatable bonds is 2. The van der Waals surface area contributed by atoms with E-state index in [1.54, 1.807) is 0 Å². The van der Waals surface area contributed by atoms with Gasteiger partial charge in [-0.05, 0) is 15.9 Å². The Morgan fingerprint density at radius 2 is 2.12 bits per heavy atom. The quantitative estimate of drug-likeness (QED) is 0.284. The van der Waals surface area contributed by atoms with Crippen molar-refractivity contribution in [3.8, 4) is 0 Å². The van der Waals surface area contributed by atoms with Gasteiger partial charge in [0.05, 0.1) is 22.7 Å². The third kappa shape index (κ3) is 2.66. The van der Waals surface area contributed by atoms with E-state index in [1.165, 1.54) is 0 Å². The molecule has 2 aromatic heterocycles.